The molecule has 0 radical (unpaired) electrons. The van der Waals surface area contributed by atoms with Gasteiger partial charge < -0.3 is 10.1 Å². The molecule has 1 aromatic heterocycles. The summed E-state index contributed by atoms with van der Waals surface area (Å²) in [4.78, 5) is 38.8. The quantitative estimate of drug-likeness (QED) is 0.228. The first-order valence-electron chi connectivity index (χ1n) is 11.2. The molecule has 0 fully saturated rings. The Kier molecular flexibility index (Phi) is 7.53. The van der Waals surface area contributed by atoms with Gasteiger partial charge >= 0.3 is 5.97 Å². The van der Waals surface area contributed by atoms with Crippen LogP contribution in [0.2, 0.25) is 0 Å². The van der Waals surface area contributed by atoms with Crippen molar-refractivity contribution >= 4 is 40.5 Å². The number of nitrogens with one attached hydrogen (secondary N) is 1. The van der Waals surface area contributed by atoms with E-state index in [4.69, 9.17) is 4.74 Å². The summed E-state index contributed by atoms with van der Waals surface area (Å²) in [5.74, 6) is 0.406. The first-order chi connectivity index (χ1) is 16.4. The van der Waals surface area contributed by atoms with Crippen LogP contribution in [0.3, 0.4) is 0 Å². The number of non-ortho nitro benzene ring substituents is 1. The molecule has 34 heavy (non-hydrogen) atoms. The van der Waals surface area contributed by atoms with Crippen LogP contribution in [0.5, 0.6) is 0 Å². The number of allylic oxidation sites excluding steroid dienone is 3. The number of dihydropyridines is 1. The zero-order valence-corrected chi connectivity index (χ0v) is 20.7. The third-order valence-electron chi connectivity index (χ3n) is 6.07. The third kappa shape index (κ3) is 4.95. The highest BCUT2D eigenvalue weighted by Gasteiger charge is 2.41. The number of nitro groups is 1. The van der Waals surface area contributed by atoms with Crippen LogP contribution in [0.15, 0.2) is 64.3 Å². The number of ether oxygens (including phenoxy) is 1. The van der Waals surface area contributed by atoms with Crippen molar-refractivity contribution in [1.29, 1.82) is 0 Å². The Balaban J connectivity index is 1.75. The lowest BCUT2D eigenvalue weighted by Gasteiger charge is -2.36. The van der Waals surface area contributed by atoms with Gasteiger partial charge in [0.1, 0.15) is 6.61 Å². The molecule has 1 aliphatic heterocycles. The van der Waals surface area contributed by atoms with E-state index in [1.807, 2.05) is 24.4 Å². The number of Topliss-reactive ketones (excluding diaryl/α,β-unsaturated/α-hetero) is 1. The van der Waals surface area contributed by atoms with Gasteiger partial charge in [-0.3, -0.25) is 14.9 Å². The van der Waals surface area contributed by atoms with Crippen LogP contribution in [0.25, 0.3) is 0 Å². The molecule has 1 aliphatic carbocycles. The summed E-state index contributed by atoms with van der Waals surface area (Å²) < 4.78 is 5.55. The van der Waals surface area contributed by atoms with Crippen molar-refractivity contribution < 1.29 is 19.2 Å². The summed E-state index contributed by atoms with van der Waals surface area (Å²) in [6, 6.07) is 10.2. The van der Waals surface area contributed by atoms with E-state index in [2.05, 4.69) is 5.32 Å². The van der Waals surface area contributed by atoms with E-state index < -0.39 is 16.8 Å². The minimum absolute atomic E-state index is 0.0528. The highest BCUT2D eigenvalue weighted by atomic mass is 32.2. The molecule has 0 saturated carbocycles. The molecule has 2 aliphatic rings. The first-order valence-corrected chi connectivity index (χ1v) is 13.2. The van der Waals surface area contributed by atoms with E-state index in [1.165, 1.54) is 12.1 Å². The van der Waals surface area contributed by atoms with Crippen LogP contribution >= 0.6 is 23.1 Å². The highest BCUT2D eigenvalue weighted by molar-refractivity contribution is 7.99. The van der Waals surface area contributed by atoms with Crippen LogP contribution in [0.4, 0.5) is 5.69 Å². The molecule has 4 rings (SSSR count). The fraction of sp³-hybridized carbons (Fsp3) is 0.360. The molecule has 178 valence electrons. The molecule has 0 spiro atoms. The lowest BCUT2D eigenvalue weighted by atomic mass is 9.72. The van der Waals surface area contributed by atoms with Crippen molar-refractivity contribution in [1.82, 2.24) is 5.32 Å². The standard InChI is InChI=1S/C25H26N2O5S2/c1-3-33-11-9-32-25(29)22-15(2)26-19-13-17(21-8-5-10-34-21)14-20(28)24(19)23(22)16-6-4-7-18(12-16)27(30)31/h4-8,10,12,17,23,26H,3,9,11,13-14H2,1-2H3. The predicted molar refractivity (Wildman–Crippen MR) is 134 cm³/mol. The number of esters is 1. The Morgan fingerprint density at radius 1 is 1.29 bits per heavy atom. The Labute approximate surface area is 206 Å². The number of nitro benzene ring substituents is 1. The average molecular weight is 499 g/mol. The first kappa shape index (κ1) is 24.2. The zero-order valence-electron chi connectivity index (χ0n) is 19.0. The van der Waals surface area contributed by atoms with Gasteiger partial charge in [-0.05, 0) is 36.1 Å². The SMILES string of the molecule is CCSCCOC(=O)C1=C(C)NC2=C(C(=O)CC(c3cccs3)C2)C1c1cccc([N+](=O)[O-])c1. The number of thiophene rings is 1. The number of carbonyl (C=O) groups excluding carboxylic acids is 2. The summed E-state index contributed by atoms with van der Waals surface area (Å²) in [5.41, 5.74) is 2.70. The molecule has 7 nitrogen and oxygen atoms in total. The fourth-order valence-corrected chi connectivity index (χ4v) is 5.92. The number of nitrogens with zero attached hydrogens (tertiary/aromatic N) is 1. The number of ketones is 1. The maximum absolute atomic E-state index is 13.5. The molecule has 2 aromatic rings. The van der Waals surface area contributed by atoms with Gasteiger partial charge in [0.15, 0.2) is 5.78 Å². The summed E-state index contributed by atoms with van der Waals surface area (Å²) in [6.07, 6.45) is 0.973. The van der Waals surface area contributed by atoms with Gasteiger partial charge in [0.05, 0.1) is 10.5 Å². The smallest absolute Gasteiger partial charge is 0.336 e. The fourth-order valence-electron chi connectivity index (χ4n) is 4.60. The number of benzene rings is 1. The van der Waals surface area contributed by atoms with Gasteiger partial charge in [0.2, 0.25) is 0 Å². The minimum atomic E-state index is -0.709. The summed E-state index contributed by atoms with van der Waals surface area (Å²) >= 11 is 3.30. The Morgan fingerprint density at radius 3 is 2.82 bits per heavy atom. The van der Waals surface area contributed by atoms with Crippen molar-refractivity contribution in [3.63, 3.8) is 0 Å². The summed E-state index contributed by atoms with van der Waals surface area (Å²) in [7, 11) is 0. The molecular weight excluding hydrogens is 472 g/mol. The van der Waals surface area contributed by atoms with Gasteiger partial charge in [0, 0.05) is 58.0 Å². The molecule has 0 amide bonds. The van der Waals surface area contributed by atoms with Crippen molar-refractivity contribution in [2.24, 2.45) is 0 Å². The van der Waals surface area contributed by atoms with Crippen molar-refractivity contribution in [3.8, 4) is 0 Å². The Bertz CT molecular complexity index is 1170. The van der Waals surface area contributed by atoms with Crippen molar-refractivity contribution in [2.75, 3.05) is 18.1 Å². The normalized spacial score (nSPS) is 20.1. The van der Waals surface area contributed by atoms with E-state index >= 15 is 0 Å². The van der Waals surface area contributed by atoms with Crippen molar-refractivity contribution in [3.05, 3.63) is 84.9 Å². The van der Waals surface area contributed by atoms with Gasteiger partial charge in [-0.15, -0.1) is 11.3 Å². The van der Waals surface area contributed by atoms with Gasteiger partial charge in [-0.25, -0.2) is 4.79 Å². The number of thioether (sulfide) groups is 1. The molecule has 0 bridgehead atoms. The molecule has 2 unspecified atom stereocenters. The van der Waals surface area contributed by atoms with E-state index in [1.54, 1.807) is 42.2 Å². The van der Waals surface area contributed by atoms with Crippen LogP contribution in [-0.4, -0.2) is 34.8 Å². The predicted octanol–water partition coefficient (Wildman–Crippen LogP) is 5.31. The monoisotopic (exact) mass is 498 g/mol. The van der Waals surface area contributed by atoms with Gasteiger partial charge in [0.25, 0.3) is 5.69 Å². The van der Waals surface area contributed by atoms with E-state index in [0.717, 1.165) is 16.3 Å². The van der Waals surface area contributed by atoms with Crippen LogP contribution in [-0.2, 0) is 14.3 Å². The molecule has 1 aromatic carbocycles. The van der Waals surface area contributed by atoms with E-state index in [9.17, 15) is 19.7 Å². The molecule has 2 atom stereocenters. The molecule has 2 heterocycles. The maximum Gasteiger partial charge on any atom is 0.336 e. The maximum atomic E-state index is 13.5. The van der Waals surface area contributed by atoms with E-state index in [0.29, 0.717) is 41.0 Å². The topological polar surface area (TPSA) is 98.5 Å². The molecule has 9 heteroatoms. The Hall–Kier alpha value is -2.91. The average Bonchev–Trinajstić information content (AvgIpc) is 3.36. The minimum Gasteiger partial charge on any atom is -0.461 e. The van der Waals surface area contributed by atoms with Crippen LogP contribution < -0.4 is 5.32 Å². The largest absolute Gasteiger partial charge is 0.461 e. The number of hydrogen-bond acceptors (Lipinski definition) is 8. The molecular formula is C25H26N2O5S2. The number of carbonyl (C=O) groups is 2. The lowest BCUT2D eigenvalue weighted by Crippen LogP contribution is -2.36. The zero-order chi connectivity index (χ0) is 24.2. The van der Waals surface area contributed by atoms with Gasteiger partial charge in [-0.1, -0.05) is 25.1 Å². The summed E-state index contributed by atoms with van der Waals surface area (Å²) in [5, 5.41) is 16.8. The lowest BCUT2D eigenvalue weighted by molar-refractivity contribution is -0.384. The highest BCUT2D eigenvalue weighted by Crippen LogP contribution is 2.46. The molecule has 0 saturated heterocycles. The second-order valence-corrected chi connectivity index (χ2v) is 10.6. The second-order valence-electron chi connectivity index (χ2n) is 8.22. The molecule has 1 N–H and O–H groups in total. The van der Waals surface area contributed by atoms with Gasteiger partial charge in [-0.2, -0.15) is 11.8 Å². The van der Waals surface area contributed by atoms with Crippen LogP contribution in [0.1, 0.15) is 49.0 Å². The summed E-state index contributed by atoms with van der Waals surface area (Å²) in [6.45, 7) is 4.09. The third-order valence-corrected chi connectivity index (χ3v) is 7.97. The number of hydrogen-bond donors (Lipinski definition) is 1. The van der Waals surface area contributed by atoms with Crippen LogP contribution in [0, 0.1) is 10.1 Å². The number of rotatable bonds is 8. The second kappa shape index (κ2) is 10.6. The Morgan fingerprint density at radius 2 is 2.12 bits per heavy atom. The van der Waals surface area contributed by atoms with Crippen molar-refractivity contribution in [2.45, 2.75) is 38.5 Å². The van der Waals surface area contributed by atoms with E-state index in [-0.39, 0.29) is 24.0 Å².